The van der Waals surface area contributed by atoms with Crippen LogP contribution < -0.4 is 5.32 Å². The fourth-order valence-corrected chi connectivity index (χ4v) is 4.14. The summed E-state index contributed by atoms with van der Waals surface area (Å²) in [6.07, 6.45) is 2.94. The summed E-state index contributed by atoms with van der Waals surface area (Å²) in [5, 5.41) is 15.0. The third kappa shape index (κ3) is 4.46. The molecule has 4 rings (SSSR count). The predicted octanol–water partition coefficient (Wildman–Crippen LogP) is 3.49. The van der Waals surface area contributed by atoms with Crippen molar-refractivity contribution in [2.45, 2.75) is 31.3 Å². The fourth-order valence-electron chi connectivity index (χ4n) is 4.14. The molecule has 2 aromatic rings. The molecule has 0 aromatic heterocycles. The molecular weight excluding hydrogens is 370 g/mol. The van der Waals surface area contributed by atoms with E-state index in [1.807, 2.05) is 6.07 Å². The average Bonchev–Trinajstić information content (AvgIpc) is 3.29. The molecule has 2 saturated heterocycles. The number of nitrogens with one attached hydrogen (secondary N) is 1. The number of carbonyl (C=O) groups is 1. The van der Waals surface area contributed by atoms with E-state index in [0.29, 0.717) is 22.9 Å². The van der Waals surface area contributed by atoms with Gasteiger partial charge in [0.2, 0.25) is 0 Å². The molecule has 2 aliphatic rings. The molecule has 0 saturated carbocycles. The molecule has 0 bridgehead atoms. The first-order chi connectivity index (χ1) is 14.1. The molecule has 29 heavy (non-hydrogen) atoms. The van der Waals surface area contributed by atoms with Crippen LogP contribution >= 0.6 is 0 Å². The number of nitro groups is 1. The number of likely N-dealkylation sites (tertiary alicyclic amines) is 1. The third-order valence-corrected chi connectivity index (χ3v) is 5.80. The van der Waals surface area contributed by atoms with Crippen molar-refractivity contribution in [3.05, 3.63) is 69.8 Å². The van der Waals surface area contributed by atoms with Crippen LogP contribution in [0.15, 0.2) is 48.5 Å². The maximum atomic E-state index is 12.6. The molecule has 2 aromatic carbocycles. The molecule has 0 aliphatic carbocycles. The molecule has 0 radical (unpaired) electrons. The summed E-state index contributed by atoms with van der Waals surface area (Å²) in [6, 6.07) is 14.2. The summed E-state index contributed by atoms with van der Waals surface area (Å²) in [5.41, 5.74) is 1.26. The molecule has 7 nitrogen and oxygen atoms in total. The SMILES string of the molecule is O=C(c1ccccc1)c1ccc(NC2CCN(C3CCOC3)CC2)c([N+](=O)[O-])c1. The Balaban J connectivity index is 1.45. The van der Waals surface area contributed by atoms with Crippen molar-refractivity contribution in [1.82, 2.24) is 4.90 Å². The van der Waals surface area contributed by atoms with Gasteiger partial charge in [0.1, 0.15) is 5.69 Å². The Bertz CT molecular complexity index is 873. The van der Waals surface area contributed by atoms with Crippen LogP contribution in [0, 0.1) is 10.1 Å². The van der Waals surface area contributed by atoms with E-state index in [9.17, 15) is 14.9 Å². The zero-order chi connectivity index (χ0) is 20.2. The van der Waals surface area contributed by atoms with Gasteiger partial charge in [0, 0.05) is 49.0 Å². The van der Waals surface area contributed by atoms with Crippen LogP contribution in [0.5, 0.6) is 0 Å². The Kier molecular flexibility index (Phi) is 5.87. The Hall–Kier alpha value is -2.77. The lowest BCUT2D eigenvalue weighted by Crippen LogP contribution is -2.44. The van der Waals surface area contributed by atoms with Gasteiger partial charge < -0.3 is 10.1 Å². The molecule has 2 aliphatic heterocycles. The minimum Gasteiger partial charge on any atom is -0.380 e. The van der Waals surface area contributed by atoms with Crippen LogP contribution in [0.2, 0.25) is 0 Å². The molecule has 2 fully saturated rings. The number of hydrogen-bond donors (Lipinski definition) is 1. The first kappa shape index (κ1) is 19.5. The fraction of sp³-hybridized carbons (Fsp3) is 0.409. The Morgan fingerprint density at radius 2 is 1.83 bits per heavy atom. The predicted molar refractivity (Wildman–Crippen MR) is 110 cm³/mol. The van der Waals surface area contributed by atoms with E-state index in [4.69, 9.17) is 4.74 Å². The molecule has 7 heteroatoms. The summed E-state index contributed by atoms with van der Waals surface area (Å²) in [5.74, 6) is -0.215. The number of ether oxygens (including phenoxy) is 1. The van der Waals surface area contributed by atoms with E-state index in [1.54, 1.807) is 36.4 Å². The number of ketones is 1. The molecule has 1 N–H and O–H groups in total. The minimum atomic E-state index is -0.422. The Labute approximate surface area is 169 Å². The number of piperidine rings is 1. The van der Waals surface area contributed by atoms with Crippen molar-refractivity contribution < 1.29 is 14.5 Å². The summed E-state index contributed by atoms with van der Waals surface area (Å²) in [6.45, 7) is 3.57. The van der Waals surface area contributed by atoms with Crippen LogP contribution in [0.1, 0.15) is 35.2 Å². The molecule has 0 amide bonds. The van der Waals surface area contributed by atoms with Gasteiger partial charge in [-0.2, -0.15) is 0 Å². The van der Waals surface area contributed by atoms with Crippen molar-refractivity contribution in [2.75, 3.05) is 31.6 Å². The molecule has 2 heterocycles. The first-order valence-electron chi connectivity index (χ1n) is 10.1. The highest BCUT2D eigenvalue weighted by atomic mass is 16.6. The monoisotopic (exact) mass is 395 g/mol. The van der Waals surface area contributed by atoms with Gasteiger partial charge in [0.05, 0.1) is 11.5 Å². The van der Waals surface area contributed by atoms with E-state index in [1.165, 1.54) is 6.07 Å². The quantitative estimate of drug-likeness (QED) is 0.458. The molecule has 1 unspecified atom stereocenters. The first-order valence-corrected chi connectivity index (χ1v) is 10.1. The maximum absolute atomic E-state index is 12.6. The Morgan fingerprint density at radius 1 is 1.07 bits per heavy atom. The highest BCUT2D eigenvalue weighted by Crippen LogP contribution is 2.29. The van der Waals surface area contributed by atoms with Gasteiger partial charge in [0.25, 0.3) is 5.69 Å². The lowest BCUT2D eigenvalue weighted by Gasteiger charge is -2.35. The van der Waals surface area contributed by atoms with Crippen molar-refractivity contribution in [2.24, 2.45) is 0 Å². The number of carbonyl (C=O) groups excluding carboxylic acids is 1. The number of nitro benzene ring substituents is 1. The second-order valence-corrected chi connectivity index (χ2v) is 7.66. The summed E-state index contributed by atoms with van der Waals surface area (Å²) in [7, 11) is 0. The van der Waals surface area contributed by atoms with Crippen LogP contribution in [0.3, 0.4) is 0 Å². The van der Waals surface area contributed by atoms with Crippen molar-refractivity contribution in [3.8, 4) is 0 Å². The van der Waals surface area contributed by atoms with Crippen LogP contribution in [0.25, 0.3) is 0 Å². The summed E-state index contributed by atoms with van der Waals surface area (Å²) in [4.78, 5) is 26.3. The normalized spacial score (nSPS) is 20.5. The zero-order valence-corrected chi connectivity index (χ0v) is 16.3. The summed E-state index contributed by atoms with van der Waals surface area (Å²) < 4.78 is 5.48. The number of anilines is 1. The van der Waals surface area contributed by atoms with Gasteiger partial charge in [0.15, 0.2) is 5.78 Å². The smallest absolute Gasteiger partial charge is 0.293 e. The van der Waals surface area contributed by atoms with Gasteiger partial charge in [-0.1, -0.05) is 30.3 Å². The van der Waals surface area contributed by atoms with Crippen molar-refractivity contribution >= 4 is 17.2 Å². The van der Waals surface area contributed by atoms with Gasteiger partial charge in [-0.15, -0.1) is 0 Å². The number of hydrogen-bond acceptors (Lipinski definition) is 6. The molecule has 1 atom stereocenters. The summed E-state index contributed by atoms with van der Waals surface area (Å²) >= 11 is 0. The van der Waals surface area contributed by atoms with Gasteiger partial charge >= 0.3 is 0 Å². The van der Waals surface area contributed by atoms with Crippen LogP contribution in [0.4, 0.5) is 11.4 Å². The number of nitrogens with zero attached hydrogens (tertiary/aromatic N) is 2. The lowest BCUT2D eigenvalue weighted by atomic mass is 10.0. The van der Waals surface area contributed by atoms with Crippen LogP contribution in [-0.4, -0.2) is 54.0 Å². The number of benzene rings is 2. The van der Waals surface area contributed by atoms with E-state index in [-0.39, 0.29) is 17.5 Å². The van der Waals surface area contributed by atoms with E-state index >= 15 is 0 Å². The second kappa shape index (κ2) is 8.71. The van der Waals surface area contributed by atoms with E-state index in [0.717, 1.165) is 45.6 Å². The molecule has 0 spiro atoms. The average molecular weight is 395 g/mol. The van der Waals surface area contributed by atoms with Gasteiger partial charge in [-0.3, -0.25) is 19.8 Å². The maximum Gasteiger partial charge on any atom is 0.293 e. The zero-order valence-electron chi connectivity index (χ0n) is 16.3. The topological polar surface area (TPSA) is 84.7 Å². The Morgan fingerprint density at radius 3 is 2.48 bits per heavy atom. The largest absolute Gasteiger partial charge is 0.380 e. The third-order valence-electron chi connectivity index (χ3n) is 5.80. The number of rotatable bonds is 6. The van der Waals surface area contributed by atoms with Gasteiger partial charge in [-0.25, -0.2) is 0 Å². The second-order valence-electron chi connectivity index (χ2n) is 7.66. The minimum absolute atomic E-state index is 0.0570. The van der Waals surface area contributed by atoms with Crippen molar-refractivity contribution in [1.29, 1.82) is 0 Å². The van der Waals surface area contributed by atoms with Crippen molar-refractivity contribution in [3.63, 3.8) is 0 Å². The van der Waals surface area contributed by atoms with E-state index < -0.39 is 4.92 Å². The highest BCUT2D eigenvalue weighted by molar-refractivity contribution is 6.09. The standard InChI is InChI=1S/C22H25N3O4/c26-22(16-4-2-1-3-5-16)17-6-7-20(21(14-17)25(27)28)23-18-8-11-24(12-9-18)19-10-13-29-15-19/h1-7,14,18-19,23H,8-13,15H2. The lowest BCUT2D eigenvalue weighted by molar-refractivity contribution is -0.384. The van der Waals surface area contributed by atoms with E-state index in [2.05, 4.69) is 10.2 Å². The highest BCUT2D eigenvalue weighted by Gasteiger charge is 2.28. The molecular formula is C22H25N3O4. The molecule has 152 valence electrons. The van der Waals surface area contributed by atoms with Gasteiger partial charge in [-0.05, 0) is 31.4 Å². The van der Waals surface area contributed by atoms with Crippen LogP contribution in [-0.2, 0) is 4.74 Å².